The Morgan fingerprint density at radius 3 is 2.94 bits per heavy atom. The first-order valence-corrected chi connectivity index (χ1v) is 5.76. The Kier molecular flexibility index (Phi) is 2.45. The van der Waals surface area contributed by atoms with E-state index in [-0.39, 0.29) is 6.61 Å². The second-order valence-electron chi connectivity index (χ2n) is 4.36. The Morgan fingerprint density at radius 2 is 2.22 bits per heavy atom. The summed E-state index contributed by atoms with van der Waals surface area (Å²) in [6, 6.07) is 5.63. The van der Waals surface area contributed by atoms with Gasteiger partial charge in [-0.05, 0) is 17.7 Å². The van der Waals surface area contributed by atoms with Crippen molar-refractivity contribution in [2.24, 2.45) is 0 Å². The number of aromatic nitrogens is 2. The third kappa shape index (κ3) is 1.62. The van der Waals surface area contributed by atoms with Gasteiger partial charge in [0.15, 0.2) is 0 Å². The van der Waals surface area contributed by atoms with Crippen LogP contribution in [-0.2, 0) is 19.7 Å². The van der Waals surface area contributed by atoms with Crippen LogP contribution in [0.2, 0.25) is 0 Å². The molecule has 1 aromatic carbocycles. The molecule has 6 nitrogen and oxygen atoms in total. The van der Waals surface area contributed by atoms with E-state index in [0.717, 1.165) is 22.4 Å². The maximum Gasteiger partial charge on any atom is 0.407 e. The van der Waals surface area contributed by atoms with Gasteiger partial charge in [0.1, 0.15) is 5.82 Å². The van der Waals surface area contributed by atoms with Crippen molar-refractivity contribution in [1.29, 1.82) is 0 Å². The molecule has 2 aromatic rings. The second-order valence-corrected chi connectivity index (χ2v) is 4.36. The SMILES string of the molecule is O=C(O)N1CCn2c(nc3cc(CO)ccc32)C1. The highest BCUT2D eigenvalue weighted by atomic mass is 16.4. The molecule has 94 valence electrons. The molecular formula is C12H13N3O3. The summed E-state index contributed by atoms with van der Waals surface area (Å²) in [7, 11) is 0. The lowest BCUT2D eigenvalue weighted by atomic mass is 10.2. The topological polar surface area (TPSA) is 78.6 Å². The Labute approximate surface area is 103 Å². The number of amides is 1. The third-order valence-electron chi connectivity index (χ3n) is 3.27. The first kappa shape index (κ1) is 11.0. The lowest BCUT2D eigenvalue weighted by Gasteiger charge is -2.25. The average molecular weight is 247 g/mol. The van der Waals surface area contributed by atoms with Gasteiger partial charge in [0, 0.05) is 13.1 Å². The summed E-state index contributed by atoms with van der Waals surface area (Å²) in [6.07, 6.45) is -0.913. The number of carboxylic acid groups (broad SMARTS) is 1. The lowest BCUT2D eigenvalue weighted by molar-refractivity contribution is 0.132. The molecule has 1 aromatic heterocycles. The number of benzene rings is 1. The van der Waals surface area contributed by atoms with Crippen LogP contribution in [0.3, 0.4) is 0 Å². The van der Waals surface area contributed by atoms with Gasteiger partial charge in [0.05, 0.1) is 24.2 Å². The van der Waals surface area contributed by atoms with Crippen LogP contribution in [0.25, 0.3) is 11.0 Å². The highest BCUT2D eigenvalue weighted by Crippen LogP contribution is 2.22. The number of aliphatic hydroxyl groups is 1. The van der Waals surface area contributed by atoms with E-state index in [1.165, 1.54) is 4.90 Å². The Hall–Kier alpha value is -2.08. The molecule has 2 N–H and O–H groups in total. The van der Waals surface area contributed by atoms with Gasteiger partial charge in [0.2, 0.25) is 0 Å². The molecule has 0 spiro atoms. The second kappa shape index (κ2) is 3.99. The molecule has 0 atom stereocenters. The van der Waals surface area contributed by atoms with E-state index < -0.39 is 6.09 Å². The summed E-state index contributed by atoms with van der Waals surface area (Å²) < 4.78 is 2.04. The van der Waals surface area contributed by atoms with Crippen molar-refractivity contribution in [2.45, 2.75) is 19.7 Å². The lowest BCUT2D eigenvalue weighted by Crippen LogP contribution is -2.37. The standard InChI is InChI=1S/C12H13N3O3/c16-7-8-1-2-10-9(5-8)13-11-6-14(12(17)18)3-4-15(10)11/h1-2,5,16H,3-4,6-7H2,(H,17,18). The van der Waals surface area contributed by atoms with E-state index in [1.807, 2.05) is 22.8 Å². The molecule has 1 aliphatic heterocycles. The zero-order valence-corrected chi connectivity index (χ0v) is 9.70. The predicted octanol–water partition coefficient (Wildman–Crippen LogP) is 1.02. The summed E-state index contributed by atoms with van der Waals surface area (Å²) in [5.74, 6) is 0.758. The molecule has 0 aliphatic carbocycles. The molecule has 1 aliphatic rings. The minimum absolute atomic E-state index is 0.0145. The maximum atomic E-state index is 10.9. The fourth-order valence-electron chi connectivity index (χ4n) is 2.33. The molecule has 1 amide bonds. The molecule has 0 bridgehead atoms. The fraction of sp³-hybridized carbons (Fsp3) is 0.333. The van der Waals surface area contributed by atoms with Crippen LogP contribution in [0.15, 0.2) is 18.2 Å². The number of hydrogen-bond donors (Lipinski definition) is 2. The van der Waals surface area contributed by atoms with Crippen LogP contribution in [0, 0.1) is 0 Å². The van der Waals surface area contributed by atoms with Crippen molar-refractivity contribution < 1.29 is 15.0 Å². The van der Waals surface area contributed by atoms with Crippen LogP contribution < -0.4 is 0 Å². The molecule has 18 heavy (non-hydrogen) atoms. The molecule has 0 saturated carbocycles. The third-order valence-corrected chi connectivity index (χ3v) is 3.27. The van der Waals surface area contributed by atoms with Gasteiger partial charge in [-0.25, -0.2) is 9.78 Å². The van der Waals surface area contributed by atoms with Crippen molar-refractivity contribution in [3.8, 4) is 0 Å². The van der Waals surface area contributed by atoms with E-state index in [4.69, 9.17) is 10.2 Å². The van der Waals surface area contributed by atoms with Gasteiger partial charge in [0.25, 0.3) is 0 Å². The summed E-state index contributed by atoms with van der Waals surface area (Å²) in [6.45, 7) is 1.41. The van der Waals surface area contributed by atoms with Crippen LogP contribution in [-0.4, -0.2) is 37.3 Å². The van der Waals surface area contributed by atoms with Crippen LogP contribution in [0.1, 0.15) is 11.4 Å². The summed E-state index contributed by atoms with van der Waals surface area (Å²) >= 11 is 0. The number of aliphatic hydroxyl groups excluding tert-OH is 1. The molecule has 0 saturated heterocycles. The molecule has 2 heterocycles. The smallest absolute Gasteiger partial charge is 0.407 e. The predicted molar refractivity (Wildman–Crippen MR) is 64.1 cm³/mol. The number of rotatable bonds is 1. The number of hydrogen-bond acceptors (Lipinski definition) is 3. The average Bonchev–Trinajstić information content (AvgIpc) is 2.74. The zero-order valence-electron chi connectivity index (χ0n) is 9.70. The van der Waals surface area contributed by atoms with E-state index in [9.17, 15) is 4.79 Å². The van der Waals surface area contributed by atoms with E-state index >= 15 is 0 Å². The van der Waals surface area contributed by atoms with Crippen molar-refractivity contribution in [2.75, 3.05) is 6.54 Å². The highest BCUT2D eigenvalue weighted by Gasteiger charge is 2.22. The van der Waals surface area contributed by atoms with E-state index in [1.54, 1.807) is 0 Å². The fourth-order valence-corrected chi connectivity index (χ4v) is 2.33. The summed E-state index contributed by atoms with van der Waals surface area (Å²) in [4.78, 5) is 16.7. The quantitative estimate of drug-likeness (QED) is 0.788. The molecule has 6 heteroatoms. The first-order chi connectivity index (χ1) is 8.69. The minimum atomic E-state index is -0.913. The Balaban J connectivity index is 2.06. The molecule has 0 fully saturated rings. The van der Waals surface area contributed by atoms with Crippen molar-refractivity contribution >= 4 is 17.1 Å². The zero-order chi connectivity index (χ0) is 12.7. The van der Waals surface area contributed by atoms with Crippen molar-refractivity contribution in [3.63, 3.8) is 0 Å². The van der Waals surface area contributed by atoms with Gasteiger partial charge in [-0.1, -0.05) is 6.07 Å². The van der Waals surface area contributed by atoms with Gasteiger partial charge in [-0.3, -0.25) is 4.90 Å². The van der Waals surface area contributed by atoms with Crippen LogP contribution in [0.5, 0.6) is 0 Å². The molecular weight excluding hydrogens is 234 g/mol. The number of nitrogens with zero attached hydrogens (tertiary/aromatic N) is 3. The van der Waals surface area contributed by atoms with Crippen LogP contribution >= 0.6 is 0 Å². The monoisotopic (exact) mass is 247 g/mol. The number of imidazole rings is 1. The summed E-state index contributed by atoms with van der Waals surface area (Å²) in [5, 5.41) is 18.1. The Bertz CT molecular complexity index is 620. The van der Waals surface area contributed by atoms with Gasteiger partial charge in [-0.2, -0.15) is 0 Å². The molecule has 3 rings (SSSR count). The van der Waals surface area contributed by atoms with Gasteiger partial charge >= 0.3 is 6.09 Å². The minimum Gasteiger partial charge on any atom is -0.465 e. The number of fused-ring (bicyclic) bond motifs is 3. The largest absolute Gasteiger partial charge is 0.465 e. The van der Waals surface area contributed by atoms with Crippen molar-refractivity contribution in [1.82, 2.24) is 14.5 Å². The summed E-state index contributed by atoms with van der Waals surface area (Å²) in [5.41, 5.74) is 2.61. The maximum absolute atomic E-state index is 10.9. The van der Waals surface area contributed by atoms with Gasteiger partial charge in [-0.15, -0.1) is 0 Å². The molecule has 0 radical (unpaired) electrons. The van der Waals surface area contributed by atoms with E-state index in [2.05, 4.69) is 4.98 Å². The highest BCUT2D eigenvalue weighted by molar-refractivity contribution is 5.77. The van der Waals surface area contributed by atoms with Gasteiger partial charge < -0.3 is 14.8 Å². The molecule has 0 unspecified atom stereocenters. The first-order valence-electron chi connectivity index (χ1n) is 5.76. The van der Waals surface area contributed by atoms with Crippen molar-refractivity contribution in [3.05, 3.63) is 29.6 Å². The van der Waals surface area contributed by atoms with E-state index in [0.29, 0.717) is 19.6 Å². The normalized spacial score (nSPS) is 14.8. The Morgan fingerprint density at radius 1 is 1.39 bits per heavy atom. The van der Waals surface area contributed by atoms with Crippen LogP contribution in [0.4, 0.5) is 4.79 Å². The number of carbonyl (C=O) groups is 1.